The largest absolute Gasteiger partial charge is 0.367 e. The van der Waals surface area contributed by atoms with Gasteiger partial charge in [0, 0.05) is 31.7 Å². The van der Waals surface area contributed by atoms with Crippen molar-refractivity contribution in [2.75, 3.05) is 31.1 Å². The van der Waals surface area contributed by atoms with Crippen LogP contribution < -0.4 is 4.90 Å². The summed E-state index contributed by atoms with van der Waals surface area (Å²) < 4.78 is 0. The molecule has 2 heterocycles. The first-order valence-corrected chi connectivity index (χ1v) is 9.60. The summed E-state index contributed by atoms with van der Waals surface area (Å²) in [7, 11) is 0. The molecule has 2 aromatic carbocycles. The van der Waals surface area contributed by atoms with E-state index in [1.54, 1.807) is 0 Å². The Morgan fingerprint density at radius 1 is 1.04 bits per heavy atom. The van der Waals surface area contributed by atoms with E-state index in [0.29, 0.717) is 18.9 Å². The molecule has 8 heteroatoms. The molecule has 1 amide bonds. The van der Waals surface area contributed by atoms with E-state index in [1.807, 2.05) is 60.4 Å². The van der Waals surface area contributed by atoms with E-state index in [1.165, 1.54) is 10.4 Å². The average molecular weight is 397 g/mol. The van der Waals surface area contributed by atoms with E-state index in [0.717, 1.165) is 29.4 Å². The number of amides is 1. The molecule has 7 nitrogen and oxygen atoms in total. The lowest BCUT2D eigenvalue weighted by molar-refractivity contribution is -0.132. The molecule has 0 bridgehead atoms. The molecule has 1 saturated heterocycles. The van der Waals surface area contributed by atoms with Crippen LogP contribution in [-0.2, 0) is 11.3 Å². The molecule has 0 N–H and O–H groups in total. The lowest BCUT2D eigenvalue weighted by Gasteiger charge is -2.36. The van der Waals surface area contributed by atoms with Crippen molar-refractivity contribution in [1.29, 1.82) is 0 Å². The quantitative estimate of drug-likeness (QED) is 0.678. The number of halogens is 1. The molecule has 0 aliphatic carbocycles. The molecule has 3 aromatic rings. The Hall–Kier alpha value is -2.93. The molecule has 1 aliphatic heterocycles. The van der Waals surface area contributed by atoms with Crippen molar-refractivity contribution >= 4 is 23.2 Å². The first kappa shape index (κ1) is 18.4. The zero-order chi connectivity index (χ0) is 19.5. The first-order valence-electron chi connectivity index (χ1n) is 9.22. The standard InChI is InChI=1S/C20H21ClN6O/c1-15-6-8-16(9-7-15)20-22-24-27(23-20)14-19(28)26-12-10-25(11-13-26)18-5-3-2-4-17(18)21/h2-9H,10-14H2,1H3. The number of para-hydroxylation sites is 1. The Balaban J connectivity index is 1.35. The number of carbonyl (C=O) groups is 1. The van der Waals surface area contributed by atoms with Gasteiger partial charge in [0.2, 0.25) is 11.7 Å². The van der Waals surface area contributed by atoms with Crippen LogP contribution in [0.15, 0.2) is 48.5 Å². The van der Waals surface area contributed by atoms with E-state index >= 15 is 0 Å². The molecule has 1 aromatic heterocycles. The number of carbonyl (C=O) groups excluding carboxylic acids is 1. The van der Waals surface area contributed by atoms with Gasteiger partial charge in [0.05, 0.1) is 10.7 Å². The number of piperazine rings is 1. The summed E-state index contributed by atoms with van der Waals surface area (Å²) in [6.45, 7) is 4.89. The van der Waals surface area contributed by atoms with E-state index in [9.17, 15) is 4.79 Å². The van der Waals surface area contributed by atoms with Gasteiger partial charge in [0.15, 0.2) is 0 Å². The topological polar surface area (TPSA) is 67.2 Å². The molecule has 0 radical (unpaired) electrons. The van der Waals surface area contributed by atoms with Gasteiger partial charge in [0.1, 0.15) is 6.54 Å². The molecule has 28 heavy (non-hydrogen) atoms. The third kappa shape index (κ3) is 3.99. The molecule has 0 atom stereocenters. The lowest BCUT2D eigenvalue weighted by Crippen LogP contribution is -2.49. The fraction of sp³-hybridized carbons (Fsp3) is 0.300. The summed E-state index contributed by atoms with van der Waals surface area (Å²) in [5, 5.41) is 13.2. The van der Waals surface area contributed by atoms with Crippen molar-refractivity contribution in [3.05, 3.63) is 59.1 Å². The average Bonchev–Trinajstić information content (AvgIpc) is 3.17. The highest BCUT2D eigenvalue weighted by Gasteiger charge is 2.23. The number of aromatic nitrogens is 4. The van der Waals surface area contributed by atoms with Crippen LogP contribution in [0.2, 0.25) is 5.02 Å². The Morgan fingerprint density at radius 2 is 1.75 bits per heavy atom. The van der Waals surface area contributed by atoms with Crippen LogP contribution in [-0.4, -0.2) is 57.2 Å². The van der Waals surface area contributed by atoms with Gasteiger partial charge in [0.25, 0.3) is 0 Å². The van der Waals surface area contributed by atoms with Gasteiger partial charge in [-0.3, -0.25) is 4.79 Å². The zero-order valence-electron chi connectivity index (χ0n) is 15.6. The zero-order valence-corrected chi connectivity index (χ0v) is 16.4. The Bertz CT molecular complexity index is 963. The Morgan fingerprint density at radius 3 is 2.46 bits per heavy atom. The monoisotopic (exact) mass is 396 g/mol. The second-order valence-corrected chi connectivity index (χ2v) is 7.24. The first-order chi connectivity index (χ1) is 13.6. The number of hydrogen-bond acceptors (Lipinski definition) is 5. The lowest BCUT2D eigenvalue weighted by atomic mass is 10.1. The van der Waals surface area contributed by atoms with Gasteiger partial charge >= 0.3 is 0 Å². The number of aryl methyl sites for hydroxylation is 1. The predicted molar refractivity (Wildman–Crippen MR) is 108 cm³/mol. The second kappa shape index (κ2) is 7.98. The number of hydrogen-bond donors (Lipinski definition) is 0. The third-order valence-corrected chi connectivity index (χ3v) is 5.18. The molecule has 144 valence electrons. The van der Waals surface area contributed by atoms with Crippen molar-refractivity contribution < 1.29 is 4.79 Å². The number of tetrazole rings is 1. The van der Waals surface area contributed by atoms with Crippen molar-refractivity contribution in [3.8, 4) is 11.4 Å². The number of rotatable bonds is 4. The van der Waals surface area contributed by atoms with E-state index in [2.05, 4.69) is 20.3 Å². The number of anilines is 1. The summed E-state index contributed by atoms with van der Waals surface area (Å²) in [6, 6.07) is 15.7. The van der Waals surface area contributed by atoms with E-state index in [4.69, 9.17) is 11.6 Å². The highest BCUT2D eigenvalue weighted by molar-refractivity contribution is 6.33. The molecule has 1 aliphatic rings. The predicted octanol–water partition coefficient (Wildman–Crippen LogP) is 2.65. The summed E-state index contributed by atoms with van der Waals surface area (Å²) >= 11 is 6.28. The maximum absolute atomic E-state index is 12.6. The number of nitrogens with zero attached hydrogens (tertiary/aromatic N) is 6. The molecule has 0 unspecified atom stereocenters. The minimum atomic E-state index is -0.00772. The molecule has 0 spiro atoms. The fourth-order valence-corrected chi connectivity index (χ4v) is 3.51. The second-order valence-electron chi connectivity index (χ2n) is 6.83. The maximum atomic E-state index is 12.6. The van der Waals surface area contributed by atoms with Gasteiger partial charge in [-0.05, 0) is 24.3 Å². The smallest absolute Gasteiger partial charge is 0.246 e. The van der Waals surface area contributed by atoms with Gasteiger partial charge in [-0.25, -0.2) is 0 Å². The fourth-order valence-electron chi connectivity index (χ4n) is 3.25. The van der Waals surface area contributed by atoms with E-state index < -0.39 is 0 Å². The minimum absolute atomic E-state index is 0.00772. The van der Waals surface area contributed by atoms with Gasteiger partial charge in [-0.2, -0.15) is 4.80 Å². The summed E-state index contributed by atoms with van der Waals surface area (Å²) in [5.41, 5.74) is 3.07. The van der Waals surface area contributed by atoms with Crippen LogP contribution in [0.25, 0.3) is 11.4 Å². The minimum Gasteiger partial charge on any atom is -0.367 e. The van der Waals surface area contributed by atoms with Crippen molar-refractivity contribution in [1.82, 2.24) is 25.1 Å². The van der Waals surface area contributed by atoms with Crippen LogP contribution in [0.5, 0.6) is 0 Å². The van der Waals surface area contributed by atoms with Crippen LogP contribution in [0, 0.1) is 6.92 Å². The highest BCUT2D eigenvalue weighted by Crippen LogP contribution is 2.26. The van der Waals surface area contributed by atoms with Crippen LogP contribution >= 0.6 is 11.6 Å². The SMILES string of the molecule is Cc1ccc(-c2nnn(CC(=O)N3CCN(c4ccccc4Cl)CC3)n2)cc1. The molecular formula is C20H21ClN6O. The van der Waals surface area contributed by atoms with Crippen molar-refractivity contribution in [2.24, 2.45) is 0 Å². The van der Waals surface area contributed by atoms with Crippen LogP contribution in [0.1, 0.15) is 5.56 Å². The molecule has 0 saturated carbocycles. The molecule has 1 fully saturated rings. The Kier molecular flexibility index (Phi) is 5.25. The highest BCUT2D eigenvalue weighted by atomic mass is 35.5. The Labute approximate surface area is 168 Å². The summed E-state index contributed by atoms with van der Waals surface area (Å²) in [5.74, 6) is 0.517. The van der Waals surface area contributed by atoms with E-state index in [-0.39, 0.29) is 12.5 Å². The van der Waals surface area contributed by atoms with Gasteiger partial charge in [-0.1, -0.05) is 53.6 Å². The van der Waals surface area contributed by atoms with Crippen LogP contribution in [0.3, 0.4) is 0 Å². The van der Waals surface area contributed by atoms with Gasteiger partial charge < -0.3 is 9.80 Å². The van der Waals surface area contributed by atoms with Gasteiger partial charge in [-0.15, -0.1) is 10.2 Å². The maximum Gasteiger partial charge on any atom is 0.246 e. The van der Waals surface area contributed by atoms with Crippen molar-refractivity contribution in [2.45, 2.75) is 13.5 Å². The molecular weight excluding hydrogens is 376 g/mol. The summed E-state index contributed by atoms with van der Waals surface area (Å²) in [6.07, 6.45) is 0. The third-order valence-electron chi connectivity index (χ3n) is 4.86. The molecule has 4 rings (SSSR count). The van der Waals surface area contributed by atoms with Crippen molar-refractivity contribution in [3.63, 3.8) is 0 Å². The summed E-state index contributed by atoms with van der Waals surface area (Å²) in [4.78, 5) is 18.0. The normalized spacial score (nSPS) is 14.4. The van der Waals surface area contributed by atoms with Crippen LogP contribution in [0.4, 0.5) is 5.69 Å². The number of benzene rings is 2.